The number of aromatic hydroxyl groups is 1. The molecule has 0 aromatic heterocycles. The van der Waals surface area contributed by atoms with E-state index < -0.39 is 51.9 Å². The lowest BCUT2D eigenvalue weighted by molar-refractivity contribution is -0.147. The van der Waals surface area contributed by atoms with Gasteiger partial charge in [-0.2, -0.15) is 0 Å². The van der Waals surface area contributed by atoms with Gasteiger partial charge in [-0.15, -0.1) is 11.6 Å². The van der Waals surface area contributed by atoms with Crippen LogP contribution in [-0.4, -0.2) is 69.1 Å². The van der Waals surface area contributed by atoms with Gasteiger partial charge in [-0.25, -0.2) is 0 Å². The Morgan fingerprint density at radius 3 is 2.44 bits per heavy atom. The van der Waals surface area contributed by atoms with Crippen molar-refractivity contribution in [3.8, 4) is 5.75 Å². The average Bonchev–Trinajstić information content (AvgIpc) is 2.81. The van der Waals surface area contributed by atoms with Gasteiger partial charge in [-0.05, 0) is 42.9 Å². The third-order valence-corrected chi connectivity index (χ3v) is 7.74. The van der Waals surface area contributed by atoms with E-state index in [1.165, 1.54) is 6.07 Å². The maximum atomic E-state index is 13.7. The van der Waals surface area contributed by atoms with Crippen molar-refractivity contribution >= 4 is 46.2 Å². The van der Waals surface area contributed by atoms with E-state index in [9.17, 15) is 39.6 Å². The fourth-order valence-corrected chi connectivity index (χ4v) is 5.83. The number of nitrogens with zero attached hydrogens (tertiary/aromatic N) is 1. The minimum absolute atomic E-state index is 0.0174. The van der Waals surface area contributed by atoms with E-state index in [-0.39, 0.29) is 67.1 Å². The zero-order chi connectivity index (χ0) is 26.5. The normalized spacial score (nSPS) is 25.3. The molecular formula is C26H28ClNO8. The van der Waals surface area contributed by atoms with E-state index in [0.717, 1.165) is 5.69 Å². The van der Waals surface area contributed by atoms with Crippen molar-refractivity contribution < 1.29 is 39.6 Å². The summed E-state index contributed by atoms with van der Waals surface area (Å²) in [7, 11) is 3.61. The standard InChI is InChI=1S/C26H28ClNO8/c1-28(2)16-6-7-18(31)21-15(16)9-12-8-13-10-19(32)22(17(30)5-3-4-14(29)11-27)25(35)26(13,36)24(34)20(12)23(21)33/h6-7,12-13,31,33,35-36H,3-5,8-11H2,1-2H3/t12-,13+,26+/m1/s1. The first-order valence-electron chi connectivity index (χ1n) is 11.7. The number of phenolic OH excluding ortho intramolecular Hbond substituents is 1. The molecule has 36 heavy (non-hydrogen) atoms. The topological polar surface area (TPSA) is 152 Å². The van der Waals surface area contributed by atoms with Crippen LogP contribution in [0, 0.1) is 11.8 Å². The van der Waals surface area contributed by atoms with Gasteiger partial charge in [0.15, 0.2) is 17.2 Å². The zero-order valence-corrected chi connectivity index (χ0v) is 20.8. The van der Waals surface area contributed by atoms with Crippen LogP contribution in [0.3, 0.4) is 0 Å². The van der Waals surface area contributed by atoms with E-state index in [2.05, 4.69) is 0 Å². The molecule has 3 aliphatic carbocycles. The summed E-state index contributed by atoms with van der Waals surface area (Å²) >= 11 is 5.45. The molecule has 0 saturated heterocycles. The van der Waals surface area contributed by atoms with Gasteiger partial charge < -0.3 is 25.3 Å². The lowest BCUT2D eigenvalue weighted by atomic mass is 9.59. The van der Waals surface area contributed by atoms with Crippen LogP contribution in [-0.2, 0) is 25.6 Å². The number of rotatable bonds is 7. The molecule has 0 aliphatic heterocycles. The van der Waals surface area contributed by atoms with Crippen LogP contribution in [0.4, 0.5) is 5.69 Å². The molecule has 192 valence electrons. The molecule has 0 radical (unpaired) electrons. The SMILES string of the molecule is CN(C)c1ccc(O)c2c1C[C@H]1C[C@H]3CC(=O)C(C(=O)CCCC(=O)CCl)=C(O)[C@@]3(O)C(=O)C1=C2O. The Labute approximate surface area is 212 Å². The molecule has 10 heteroatoms. The number of aliphatic hydroxyl groups is 3. The summed E-state index contributed by atoms with van der Waals surface area (Å²) in [6.07, 6.45) is -0.0784. The van der Waals surface area contributed by atoms with Gasteiger partial charge >= 0.3 is 0 Å². The summed E-state index contributed by atoms with van der Waals surface area (Å²) in [6, 6.07) is 3.10. The van der Waals surface area contributed by atoms with Crippen LogP contribution in [0.5, 0.6) is 5.75 Å². The molecule has 0 bridgehead atoms. The number of ketones is 4. The first-order valence-corrected chi connectivity index (χ1v) is 12.3. The number of carbonyl (C=O) groups excluding carboxylic acids is 4. The Kier molecular flexibility index (Phi) is 6.74. The van der Waals surface area contributed by atoms with Crippen LogP contribution in [0.15, 0.2) is 29.0 Å². The zero-order valence-electron chi connectivity index (χ0n) is 20.0. The summed E-state index contributed by atoms with van der Waals surface area (Å²) in [5.41, 5.74) is -1.89. The number of Topliss-reactive ketones (excluding diaryl/α,β-unsaturated/α-hetero) is 4. The van der Waals surface area contributed by atoms with E-state index in [0.29, 0.717) is 5.56 Å². The summed E-state index contributed by atoms with van der Waals surface area (Å²) in [5.74, 6) is -6.21. The van der Waals surface area contributed by atoms with Crippen molar-refractivity contribution in [2.24, 2.45) is 11.8 Å². The highest BCUT2D eigenvalue weighted by Gasteiger charge is 2.60. The van der Waals surface area contributed by atoms with Crippen molar-refractivity contribution in [3.63, 3.8) is 0 Å². The van der Waals surface area contributed by atoms with Crippen molar-refractivity contribution in [3.05, 3.63) is 40.2 Å². The molecular weight excluding hydrogens is 490 g/mol. The quantitative estimate of drug-likeness (QED) is 0.315. The second-order valence-electron chi connectivity index (χ2n) is 9.84. The predicted octanol–water partition coefficient (Wildman–Crippen LogP) is 2.55. The second kappa shape index (κ2) is 9.37. The Bertz CT molecular complexity index is 1250. The molecule has 1 aromatic carbocycles. The maximum absolute atomic E-state index is 13.7. The van der Waals surface area contributed by atoms with E-state index in [4.69, 9.17) is 11.6 Å². The first kappa shape index (κ1) is 25.9. The van der Waals surface area contributed by atoms with Crippen molar-refractivity contribution in [2.45, 2.75) is 44.1 Å². The van der Waals surface area contributed by atoms with Gasteiger partial charge in [-0.1, -0.05) is 0 Å². The molecule has 1 fully saturated rings. The van der Waals surface area contributed by atoms with Crippen molar-refractivity contribution in [1.29, 1.82) is 0 Å². The Balaban J connectivity index is 1.76. The second-order valence-corrected chi connectivity index (χ2v) is 10.1. The van der Waals surface area contributed by atoms with Crippen molar-refractivity contribution in [2.75, 3.05) is 24.9 Å². The summed E-state index contributed by atoms with van der Waals surface area (Å²) in [5, 5.41) is 44.0. The molecule has 3 aliphatic rings. The number of hydrogen-bond donors (Lipinski definition) is 4. The van der Waals surface area contributed by atoms with Crippen LogP contribution >= 0.6 is 11.6 Å². The number of benzene rings is 1. The Morgan fingerprint density at radius 2 is 1.81 bits per heavy atom. The van der Waals surface area contributed by atoms with Gasteiger partial charge in [0.05, 0.1) is 11.4 Å². The van der Waals surface area contributed by atoms with Gasteiger partial charge in [-0.3, -0.25) is 19.2 Å². The summed E-state index contributed by atoms with van der Waals surface area (Å²) < 4.78 is 0. The number of phenols is 1. The maximum Gasteiger partial charge on any atom is 0.202 e. The highest BCUT2D eigenvalue weighted by atomic mass is 35.5. The first-order chi connectivity index (χ1) is 16.9. The number of fused-ring (bicyclic) bond motifs is 3. The number of allylic oxidation sites excluding steroid dienone is 1. The van der Waals surface area contributed by atoms with Gasteiger partial charge in [0.25, 0.3) is 0 Å². The molecule has 1 aromatic rings. The highest BCUT2D eigenvalue weighted by Crippen LogP contribution is 2.53. The number of carbonyl (C=O) groups is 4. The number of anilines is 1. The van der Waals surface area contributed by atoms with Crippen LogP contribution in [0.25, 0.3) is 5.76 Å². The van der Waals surface area contributed by atoms with E-state index >= 15 is 0 Å². The van der Waals surface area contributed by atoms with Gasteiger partial charge in [0, 0.05) is 50.5 Å². The summed E-state index contributed by atoms with van der Waals surface area (Å²) in [4.78, 5) is 52.5. The van der Waals surface area contributed by atoms with Crippen LogP contribution in [0.1, 0.15) is 43.2 Å². The van der Waals surface area contributed by atoms with E-state index in [1.54, 1.807) is 20.2 Å². The van der Waals surface area contributed by atoms with E-state index in [1.807, 2.05) is 4.90 Å². The van der Waals surface area contributed by atoms with Gasteiger partial charge in [0.2, 0.25) is 5.78 Å². The molecule has 0 unspecified atom stereocenters. The Hall–Kier alpha value is -3.17. The lowest BCUT2D eigenvalue weighted by Gasteiger charge is -2.46. The third kappa shape index (κ3) is 3.90. The number of hydrogen-bond acceptors (Lipinski definition) is 9. The smallest absolute Gasteiger partial charge is 0.202 e. The highest BCUT2D eigenvalue weighted by molar-refractivity contribution is 6.27. The molecule has 1 saturated carbocycles. The molecule has 0 heterocycles. The summed E-state index contributed by atoms with van der Waals surface area (Å²) in [6.45, 7) is 0. The predicted molar refractivity (Wildman–Crippen MR) is 131 cm³/mol. The fourth-order valence-electron chi connectivity index (χ4n) is 5.70. The van der Waals surface area contributed by atoms with Crippen LogP contribution in [0.2, 0.25) is 0 Å². The fraction of sp³-hybridized carbons (Fsp3) is 0.462. The van der Waals surface area contributed by atoms with Gasteiger partial charge in [0.1, 0.15) is 28.6 Å². The van der Waals surface area contributed by atoms with Crippen molar-refractivity contribution in [1.82, 2.24) is 0 Å². The molecule has 0 amide bonds. The molecule has 9 nitrogen and oxygen atoms in total. The monoisotopic (exact) mass is 517 g/mol. The minimum atomic E-state index is -2.56. The molecule has 4 N–H and O–H groups in total. The average molecular weight is 518 g/mol. The minimum Gasteiger partial charge on any atom is -0.508 e. The molecule has 3 atom stereocenters. The third-order valence-electron chi connectivity index (χ3n) is 7.45. The molecule has 0 spiro atoms. The molecule has 4 rings (SSSR count). The number of alkyl halides is 1. The van der Waals surface area contributed by atoms with Crippen LogP contribution < -0.4 is 4.90 Å². The number of halogens is 1. The lowest BCUT2D eigenvalue weighted by Crippen LogP contribution is -2.58. The number of aliphatic hydroxyl groups excluding tert-OH is 2. The largest absolute Gasteiger partial charge is 0.508 e. The Morgan fingerprint density at radius 1 is 1.11 bits per heavy atom.